The molecule has 0 spiro atoms. The molecule has 0 saturated carbocycles. The standard InChI is InChI=1S/C14H11NO2/c1-16-12-5-2-10(3-6-12)11-4-7-14-13(8-11)15-9-17-14/h2-9H,1H3. The SMILES string of the molecule is COc1ccc(-c2ccc3ocnc3c2)cc1. The van der Waals surface area contributed by atoms with Crippen LogP contribution in [0.5, 0.6) is 5.75 Å². The molecule has 84 valence electrons. The molecular formula is C14H11NO2. The van der Waals surface area contributed by atoms with Gasteiger partial charge in [0.05, 0.1) is 7.11 Å². The molecule has 2 aromatic carbocycles. The van der Waals surface area contributed by atoms with Crippen molar-refractivity contribution in [2.75, 3.05) is 7.11 Å². The third-order valence-corrected chi connectivity index (χ3v) is 2.75. The van der Waals surface area contributed by atoms with E-state index in [1.54, 1.807) is 7.11 Å². The normalized spacial score (nSPS) is 10.6. The van der Waals surface area contributed by atoms with Gasteiger partial charge in [-0.05, 0) is 35.4 Å². The van der Waals surface area contributed by atoms with E-state index in [1.165, 1.54) is 6.39 Å². The quantitative estimate of drug-likeness (QED) is 0.669. The van der Waals surface area contributed by atoms with E-state index in [2.05, 4.69) is 4.98 Å². The van der Waals surface area contributed by atoms with Gasteiger partial charge in [-0.1, -0.05) is 18.2 Å². The van der Waals surface area contributed by atoms with E-state index in [0.29, 0.717) is 0 Å². The van der Waals surface area contributed by atoms with Crippen molar-refractivity contribution in [3.8, 4) is 16.9 Å². The first-order chi connectivity index (χ1) is 8.36. The van der Waals surface area contributed by atoms with Crippen molar-refractivity contribution in [3.63, 3.8) is 0 Å². The van der Waals surface area contributed by atoms with Crippen molar-refractivity contribution in [1.29, 1.82) is 0 Å². The summed E-state index contributed by atoms with van der Waals surface area (Å²) in [6.45, 7) is 0. The van der Waals surface area contributed by atoms with Gasteiger partial charge in [-0.15, -0.1) is 0 Å². The molecule has 0 radical (unpaired) electrons. The van der Waals surface area contributed by atoms with Crippen LogP contribution in [0.25, 0.3) is 22.2 Å². The lowest BCUT2D eigenvalue weighted by Crippen LogP contribution is -1.82. The molecule has 3 nitrogen and oxygen atoms in total. The van der Waals surface area contributed by atoms with Crippen LogP contribution in [-0.4, -0.2) is 12.1 Å². The Morgan fingerprint density at radius 1 is 1.00 bits per heavy atom. The maximum absolute atomic E-state index is 5.21. The minimum Gasteiger partial charge on any atom is -0.497 e. The maximum Gasteiger partial charge on any atom is 0.181 e. The van der Waals surface area contributed by atoms with Crippen LogP contribution in [0, 0.1) is 0 Å². The van der Waals surface area contributed by atoms with Gasteiger partial charge >= 0.3 is 0 Å². The Bertz CT molecular complexity index is 641. The number of ether oxygens (including phenoxy) is 1. The van der Waals surface area contributed by atoms with Crippen LogP contribution >= 0.6 is 0 Å². The molecule has 0 aliphatic rings. The number of benzene rings is 2. The van der Waals surface area contributed by atoms with Crippen molar-refractivity contribution in [3.05, 3.63) is 48.9 Å². The number of hydrogen-bond acceptors (Lipinski definition) is 3. The molecule has 1 aromatic heterocycles. The maximum atomic E-state index is 5.21. The van der Waals surface area contributed by atoms with Gasteiger partial charge in [-0.25, -0.2) is 4.98 Å². The molecule has 3 rings (SSSR count). The molecule has 0 saturated heterocycles. The lowest BCUT2D eigenvalue weighted by molar-refractivity contribution is 0.415. The highest BCUT2D eigenvalue weighted by molar-refractivity contribution is 5.80. The van der Waals surface area contributed by atoms with E-state index in [9.17, 15) is 0 Å². The lowest BCUT2D eigenvalue weighted by atomic mass is 10.1. The first-order valence-corrected chi connectivity index (χ1v) is 5.34. The second kappa shape index (κ2) is 3.94. The zero-order valence-corrected chi connectivity index (χ0v) is 9.38. The highest BCUT2D eigenvalue weighted by Crippen LogP contribution is 2.25. The van der Waals surface area contributed by atoms with Gasteiger partial charge < -0.3 is 9.15 Å². The Morgan fingerprint density at radius 3 is 2.53 bits per heavy atom. The summed E-state index contributed by atoms with van der Waals surface area (Å²) < 4.78 is 10.3. The lowest BCUT2D eigenvalue weighted by Gasteiger charge is -2.03. The summed E-state index contributed by atoms with van der Waals surface area (Å²) in [4.78, 5) is 4.15. The first kappa shape index (κ1) is 9.90. The average Bonchev–Trinajstić information content (AvgIpc) is 2.86. The Balaban J connectivity index is 2.06. The summed E-state index contributed by atoms with van der Waals surface area (Å²) in [5.74, 6) is 0.858. The second-order valence-electron chi connectivity index (χ2n) is 3.76. The molecule has 0 aliphatic heterocycles. The molecule has 0 aliphatic carbocycles. The molecule has 0 atom stereocenters. The molecule has 0 bridgehead atoms. The van der Waals surface area contributed by atoms with E-state index in [1.807, 2.05) is 42.5 Å². The van der Waals surface area contributed by atoms with Crippen LogP contribution in [0.3, 0.4) is 0 Å². The van der Waals surface area contributed by atoms with Gasteiger partial charge in [0.1, 0.15) is 11.3 Å². The summed E-state index contributed by atoms with van der Waals surface area (Å²) >= 11 is 0. The molecule has 1 heterocycles. The van der Waals surface area contributed by atoms with Crippen LogP contribution in [0.2, 0.25) is 0 Å². The van der Waals surface area contributed by atoms with Crippen LogP contribution in [0.4, 0.5) is 0 Å². The number of rotatable bonds is 2. The highest BCUT2D eigenvalue weighted by Gasteiger charge is 2.02. The van der Waals surface area contributed by atoms with Gasteiger partial charge in [-0.3, -0.25) is 0 Å². The molecule has 0 fully saturated rings. The van der Waals surface area contributed by atoms with Crippen molar-refractivity contribution in [2.45, 2.75) is 0 Å². The number of aromatic nitrogens is 1. The fourth-order valence-electron chi connectivity index (χ4n) is 1.82. The summed E-state index contributed by atoms with van der Waals surface area (Å²) in [5, 5.41) is 0. The van der Waals surface area contributed by atoms with E-state index in [4.69, 9.17) is 9.15 Å². The van der Waals surface area contributed by atoms with Crippen LogP contribution in [0.1, 0.15) is 0 Å². The number of methoxy groups -OCH3 is 1. The molecule has 3 heteroatoms. The number of oxazole rings is 1. The van der Waals surface area contributed by atoms with Crippen molar-refractivity contribution >= 4 is 11.1 Å². The Morgan fingerprint density at radius 2 is 1.76 bits per heavy atom. The van der Waals surface area contributed by atoms with E-state index in [0.717, 1.165) is 28.0 Å². The van der Waals surface area contributed by atoms with Crippen LogP contribution in [0.15, 0.2) is 53.3 Å². The number of hydrogen-bond donors (Lipinski definition) is 0. The number of nitrogens with zero attached hydrogens (tertiary/aromatic N) is 1. The largest absolute Gasteiger partial charge is 0.497 e. The van der Waals surface area contributed by atoms with Gasteiger partial charge in [0.2, 0.25) is 0 Å². The zero-order valence-electron chi connectivity index (χ0n) is 9.38. The topological polar surface area (TPSA) is 35.3 Å². The summed E-state index contributed by atoms with van der Waals surface area (Å²) in [6.07, 6.45) is 1.46. The van der Waals surface area contributed by atoms with Gasteiger partial charge in [-0.2, -0.15) is 0 Å². The second-order valence-corrected chi connectivity index (χ2v) is 3.76. The third kappa shape index (κ3) is 1.76. The molecular weight excluding hydrogens is 214 g/mol. The van der Waals surface area contributed by atoms with E-state index >= 15 is 0 Å². The highest BCUT2D eigenvalue weighted by atomic mass is 16.5. The van der Waals surface area contributed by atoms with Gasteiger partial charge in [0.25, 0.3) is 0 Å². The first-order valence-electron chi connectivity index (χ1n) is 5.34. The fourth-order valence-corrected chi connectivity index (χ4v) is 1.82. The minimum atomic E-state index is 0.808. The van der Waals surface area contributed by atoms with Gasteiger partial charge in [0.15, 0.2) is 12.0 Å². The van der Waals surface area contributed by atoms with E-state index in [-0.39, 0.29) is 0 Å². The van der Waals surface area contributed by atoms with Gasteiger partial charge in [0, 0.05) is 0 Å². The summed E-state index contributed by atoms with van der Waals surface area (Å²) in [5.41, 5.74) is 3.94. The van der Waals surface area contributed by atoms with Crippen LogP contribution < -0.4 is 4.74 Å². The monoisotopic (exact) mass is 225 g/mol. The predicted molar refractivity (Wildman–Crippen MR) is 66.0 cm³/mol. The predicted octanol–water partition coefficient (Wildman–Crippen LogP) is 3.50. The Hall–Kier alpha value is -2.29. The smallest absolute Gasteiger partial charge is 0.181 e. The van der Waals surface area contributed by atoms with E-state index < -0.39 is 0 Å². The fraction of sp³-hybridized carbons (Fsp3) is 0.0714. The minimum absolute atomic E-state index is 0.808. The molecule has 0 amide bonds. The van der Waals surface area contributed by atoms with Crippen molar-refractivity contribution in [2.24, 2.45) is 0 Å². The average molecular weight is 225 g/mol. The Labute approximate surface area is 98.7 Å². The molecule has 17 heavy (non-hydrogen) atoms. The molecule has 3 aromatic rings. The van der Waals surface area contributed by atoms with Crippen LogP contribution in [-0.2, 0) is 0 Å². The van der Waals surface area contributed by atoms with Crippen molar-refractivity contribution < 1.29 is 9.15 Å². The summed E-state index contributed by atoms with van der Waals surface area (Å²) in [7, 11) is 1.66. The van der Waals surface area contributed by atoms with Crippen molar-refractivity contribution in [1.82, 2.24) is 4.98 Å². The zero-order chi connectivity index (χ0) is 11.7. The molecule has 0 unspecified atom stereocenters. The third-order valence-electron chi connectivity index (χ3n) is 2.75. The number of fused-ring (bicyclic) bond motifs is 1. The summed E-state index contributed by atoms with van der Waals surface area (Å²) in [6, 6.07) is 13.9. The molecule has 0 N–H and O–H groups in total. The Kier molecular flexibility index (Phi) is 2.29.